The van der Waals surface area contributed by atoms with Gasteiger partial charge in [0.25, 0.3) is 0 Å². The Hall–Kier alpha value is -0.900. The largest absolute Gasteiger partial charge is 0.393 e. The summed E-state index contributed by atoms with van der Waals surface area (Å²) in [5.41, 5.74) is 3.17. The molecule has 0 aromatic rings. The van der Waals surface area contributed by atoms with Crippen LogP contribution in [0, 0.1) is 23.2 Å². The molecule has 3 aliphatic carbocycles. The molecular formula is C27H44O3. The number of rotatable bonds is 6. The fourth-order valence-electron chi connectivity index (χ4n) is 6.74. The molecule has 0 heterocycles. The first-order chi connectivity index (χ1) is 14.0. The predicted octanol–water partition coefficient (Wildman–Crippen LogP) is 5.70. The van der Waals surface area contributed by atoms with Crippen LogP contribution in [0.4, 0.5) is 0 Å². The Kier molecular flexibility index (Phi) is 7.37. The second-order valence-corrected chi connectivity index (χ2v) is 11.3. The Bertz CT molecular complexity index is 683. The number of aliphatic hydroxyl groups excluding tert-OH is 2. The van der Waals surface area contributed by atoms with Gasteiger partial charge in [-0.05, 0) is 93.1 Å². The van der Waals surface area contributed by atoms with Gasteiger partial charge in [-0.1, -0.05) is 51.0 Å². The zero-order valence-electron chi connectivity index (χ0n) is 19.7. The first-order valence-corrected chi connectivity index (χ1v) is 12.2. The van der Waals surface area contributed by atoms with Gasteiger partial charge in [-0.15, -0.1) is 0 Å². The Labute approximate surface area is 184 Å². The maximum atomic E-state index is 10.1. The van der Waals surface area contributed by atoms with E-state index in [9.17, 15) is 15.3 Å². The number of aliphatic hydroxyl groups is 3. The van der Waals surface area contributed by atoms with Gasteiger partial charge >= 0.3 is 0 Å². The van der Waals surface area contributed by atoms with E-state index in [4.69, 9.17) is 0 Å². The van der Waals surface area contributed by atoms with Gasteiger partial charge < -0.3 is 15.3 Å². The van der Waals surface area contributed by atoms with Crippen molar-refractivity contribution in [3.8, 4) is 0 Å². The molecule has 3 rings (SSSR count). The summed E-state index contributed by atoms with van der Waals surface area (Å²) >= 11 is 0. The lowest BCUT2D eigenvalue weighted by molar-refractivity contribution is 0.0596. The molecule has 0 aromatic carbocycles. The molecule has 6 atom stereocenters. The van der Waals surface area contributed by atoms with Crippen LogP contribution in [0.15, 0.2) is 35.5 Å². The lowest BCUT2D eigenvalue weighted by atomic mass is 9.60. The number of hydrogen-bond donors (Lipinski definition) is 3. The lowest BCUT2D eigenvalue weighted by Gasteiger charge is -2.44. The average molecular weight is 417 g/mol. The van der Waals surface area contributed by atoms with E-state index in [2.05, 4.69) is 32.6 Å². The summed E-state index contributed by atoms with van der Waals surface area (Å²) in [6.07, 6.45) is 13.9. The maximum absolute atomic E-state index is 10.1. The molecule has 0 amide bonds. The van der Waals surface area contributed by atoms with Gasteiger partial charge in [0.1, 0.15) is 0 Å². The van der Waals surface area contributed by atoms with Crippen molar-refractivity contribution in [2.75, 3.05) is 0 Å². The Morgan fingerprint density at radius 2 is 1.97 bits per heavy atom. The van der Waals surface area contributed by atoms with E-state index in [1.165, 1.54) is 38.5 Å². The first kappa shape index (κ1) is 23.8. The summed E-state index contributed by atoms with van der Waals surface area (Å²) in [6, 6.07) is 0. The highest BCUT2D eigenvalue weighted by Crippen LogP contribution is 2.60. The van der Waals surface area contributed by atoms with Crippen molar-refractivity contribution >= 4 is 0 Å². The van der Waals surface area contributed by atoms with Crippen LogP contribution in [0.25, 0.3) is 0 Å². The second kappa shape index (κ2) is 9.30. The van der Waals surface area contributed by atoms with E-state index < -0.39 is 17.8 Å². The third kappa shape index (κ3) is 5.29. The van der Waals surface area contributed by atoms with E-state index in [-0.39, 0.29) is 0 Å². The van der Waals surface area contributed by atoms with Crippen LogP contribution in [-0.2, 0) is 0 Å². The SMILES string of the molecule is C=C1C(=CC=C2CCC[C@]3(C)[C@@H]2CC[C@@H]3[C@H](C)CCCC(C)(C)O)C[C@@H](O)C[C@@H]1O. The highest BCUT2D eigenvalue weighted by Gasteiger charge is 2.50. The molecule has 0 saturated heterocycles. The fraction of sp³-hybridized carbons (Fsp3) is 0.778. The molecule has 3 aliphatic rings. The van der Waals surface area contributed by atoms with Crippen LogP contribution in [0.3, 0.4) is 0 Å². The summed E-state index contributed by atoms with van der Waals surface area (Å²) in [6.45, 7) is 12.8. The Balaban J connectivity index is 1.70. The minimum absolute atomic E-state index is 0.374. The van der Waals surface area contributed by atoms with Crippen LogP contribution in [0.5, 0.6) is 0 Å². The standard InChI is InChI=1S/C27H44O3/c1-18(8-6-14-26(3,4)30)23-12-13-24-20(9-7-15-27(23,24)5)10-11-21-16-22(28)17-25(29)19(21)2/h10-11,18,22-25,28-30H,2,6-9,12-17H2,1,3-5H3/t18-,22-,23-,24-,25+,27+/m1/s1. The fourth-order valence-corrected chi connectivity index (χ4v) is 6.74. The van der Waals surface area contributed by atoms with Gasteiger partial charge in [-0.25, -0.2) is 0 Å². The molecule has 0 bridgehead atoms. The molecule has 3 saturated carbocycles. The van der Waals surface area contributed by atoms with Gasteiger partial charge in [-0.2, -0.15) is 0 Å². The summed E-state index contributed by atoms with van der Waals surface area (Å²) in [5.74, 6) is 2.11. The van der Waals surface area contributed by atoms with Crippen LogP contribution >= 0.6 is 0 Å². The highest BCUT2D eigenvalue weighted by atomic mass is 16.3. The first-order valence-electron chi connectivity index (χ1n) is 12.2. The quantitative estimate of drug-likeness (QED) is 0.520. The minimum atomic E-state index is -0.615. The van der Waals surface area contributed by atoms with Gasteiger partial charge in [0, 0.05) is 6.42 Å². The zero-order valence-corrected chi connectivity index (χ0v) is 19.7. The van der Waals surface area contributed by atoms with Gasteiger partial charge in [0.2, 0.25) is 0 Å². The van der Waals surface area contributed by atoms with Crippen LogP contribution in [0.2, 0.25) is 0 Å². The number of allylic oxidation sites excluding steroid dienone is 3. The van der Waals surface area contributed by atoms with Crippen molar-refractivity contribution < 1.29 is 15.3 Å². The molecule has 0 spiro atoms. The van der Waals surface area contributed by atoms with Crippen LogP contribution in [-0.4, -0.2) is 33.1 Å². The van der Waals surface area contributed by atoms with E-state index in [1.807, 2.05) is 13.8 Å². The molecule has 3 fully saturated rings. The maximum Gasteiger partial charge on any atom is 0.0811 e. The predicted molar refractivity (Wildman–Crippen MR) is 124 cm³/mol. The Morgan fingerprint density at radius 3 is 2.67 bits per heavy atom. The van der Waals surface area contributed by atoms with Gasteiger partial charge in [0.05, 0.1) is 17.8 Å². The molecule has 0 radical (unpaired) electrons. The van der Waals surface area contributed by atoms with Gasteiger partial charge in [-0.3, -0.25) is 0 Å². The van der Waals surface area contributed by atoms with E-state index in [1.54, 1.807) is 5.57 Å². The molecule has 30 heavy (non-hydrogen) atoms. The molecule has 170 valence electrons. The average Bonchev–Trinajstić information content (AvgIpc) is 3.00. The number of hydrogen-bond acceptors (Lipinski definition) is 3. The van der Waals surface area contributed by atoms with Crippen molar-refractivity contribution in [1.82, 2.24) is 0 Å². The van der Waals surface area contributed by atoms with E-state index in [0.717, 1.165) is 29.9 Å². The molecule has 0 aliphatic heterocycles. The lowest BCUT2D eigenvalue weighted by Crippen LogP contribution is -2.36. The van der Waals surface area contributed by atoms with Crippen LogP contribution < -0.4 is 0 Å². The topological polar surface area (TPSA) is 60.7 Å². The van der Waals surface area contributed by atoms with Crippen molar-refractivity contribution in [1.29, 1.82) is 0 Å². The summed E-state index contributed by atoms with van der Waals surface area (Å²) in [4.78, 5) is 0. The van der Waals surface area contributed by atoms with Crippen molar-refractivity contribution in [3.05, 3.63) is 35.5 Å². The van der Waals surface area contributed by atoms with Crippen molar-refractivity contribution in [2.45, 2.75) is 110 Å². The van der Waals surface area contributed by atoms with E-state index >= 15 is 0 Å². The summed E-state index contributed by atoms with van der Waals surface area (Å²) in [7, 11) is 0. The minimum Gasteiger partial charge on any atom is -0.393 e. The summed E-state index contributed by atoms with van der Waals surface area (Å²) < 4.78 is 0. The summed E-state index contributed by atoms with van der Waals surface area (Å²) in [5, 5.41) is 30.2. The molecule has 3 nitrogen and oxygen atoms in total. The second-order valence-electron chi connectivity index (χ2n) is 11.3. The normalized spacial score (nSPS) is 38.8. The van der Waals surface area contributed by atoms with Gasteiger partial charge in [0.15, 0.2) is 0 Å². The van der Waals surface area contributed by atoms with Crippen molar-refractivity contribution in [3.63, 3.8) is 0 Å². The van der Waals surface area contributed by atoms with Crippen LogP contribution in [0.1, 0.15) is 91.9 Å². The monoisotopic (exact) mass is 416 g/mol. The number of fused-ring (bicyclic) bond motifs is 1. The molecule has 0 unspecified atom stereocenters. The molecule has 3 heteroatoms. The molecular weight excluding hydrogens is 372 g/mol. The molecule has 3 N–H and O–H groups in total. The van der Waals surface area contributed by atoms with Crippen molar-refractivity contribution in [2.24, 2.45) is 23.2 Å². The van der Waals surface area contributed by atoms with E-state index in [0.29, 0.717) is 30.1 Å². The smallest absolute Gasteiger partial charge is 0.0811 e. The highest BCUT2D eigenvalue weighted by molar-refractivity contribution is 5.38. The third-order valence-corrected chi connectivity index (χ3v) is 8.44. The molecule has 0 aromatic heterocycles. The third-order valence-electron chi connectivity index (χ3n) is 8.44. The Morgan fingerprint density at radius 1 is 1.23 bits per heavy atom. The zero-order chi connectivity index (χ0) is 22.1.